The summed E-state index contributed by atoms with van der Waals surface area (Å²) in [6.07, 6.45) is 5.73. The molecule has 0 aliphatic heterocycles. The van der Waals surface area contributed by atoms with Gasteiger partial charge >= 0.3 is 0 Å². The van der Waals surface area contributed by atoms with Crippen molar-refractivity contribution in [3.8, 4) is 0 Å². The smallest absolute Gasteiger partial charge is 0.252 e. The topological polar surface area (TPSA) is 101 Å². The lowest BCUT2D eigenvalue weighted by Gasteiger charge is -2.15. The lowest BCUT2D eigenvalue weighted by atomic mass is 9.99. The Kier molecular flexibility index (Phi) is 4.72. The molecule has 0 atom stereocenters. The van der Waals surface area contributed by atoms with Gasteiger partial charge in [0.05, 0.1) is 17.8 Å². The summed E-state index contributed by atoms with van der Waals surface area (Å²) in [6.45, 7) is 0.118. The number of hydrogen-bond acceptors (Lipinski definition) is 5. The van der Waals surface area contributed by atoms with Crippen molar-refractivity contribution >= 4 is 17.8 Å². The average Bonchev–Trinajstić information content (AvgIpc) is 2.98. The van der Waals surface area contributed by atoms with Gasteiger partial charge in [-0.2, -0.15) is 0 Å². The van der Waals surface area contributed by atoms with Crippen LogP contribution in [0.4, 0.5) is 5.95 Å². The molecule has 7 heteroatoms. The number of likely N-dealkylation sites (N-methyl/N-ethyl adjacent to an activating group) is 1. The highest BCUT2D eigenvalue weighted by Gasteiger charge is 2.24. The molecule has 7 nitrogen and oxygen atoms in total. The first-order chi connectivity index (χ1) is 9.99. The fraction of sp³-hybridized carbons (Fsp3) is 0.571. The van der Waals surface area contributed by atoms with E-state index in [1.165, 1.54) is 11.1 Å². The number of primary amides is 1. The van der Waals surface area contributed by atoms with Crippen molar-refractivity contribution in [2.75, 3.05) is 26.0 Å². The van der Waals surface area contributed by atoms with Gasteiger partial charge in [0.2, 0.25) is 11.9 Å². The standard InChI is InChI=1S/C14H21N5O2/c1-19(2)11(20)8-17-14-16-7-10(13(15)21)12(18-14)9-5-3-4-6-9/h7,9H,3-6,8H2,1-2H3,(H2,15,21)(H,16,17,18). The summed E-state index contributed by atoms with van der Waals surface area (Å²) >= 11 is 0. The minimum atomic E-state index is -0.507. The molecule has 1 aromatic heterocycles. The molecule has 0 aromatic carbocycles. The quantitative estimate of drug-likeness (QED) is 0.833. The number of carbonyl (C=O) groups is 2. The number of hydrogen-bond donors (Lipinski definition) is 2. The summed E-state index contributed by atoms with van der Waals surface area (Å²) in [5, 5.41) is 2.89. The third kappa shape index (κ3) is 3.68. The molecule has 0 radical (unpaired) electrons. The molecule has 1 aromatic rings. The van der Waals surface area contributed by atoms with Crippen LogP contribution in [-0.2, 0) is 4.79 Å². The number of nitrogens with zero attached hydrogens (tertiary/aromatic N) is 3. The van der Waals surface area contributed by atoms with Gasteiger partial charge in [-0.1, -0.05) is 12.8 Å². The van der Waals surface area contributed by atoms with Gasteiger partial charge in [-0.25, -0.2) is 9.97 Å². The Balaban J connectivity index is 2.18. The van der Waals surface area contributed by atoms with E-state index in [1.807, 2.05) is 0 Å². The number of aromatic nitrogens is 2. The maximum atomic E-state index is 11.6. The number of amides is 2. The van der Waals surface area contributed by atoms with E-state index >= 15 is 0 Å². The van der Waals surface area contributed by atoms with Crippen molar-refractivity contribution in [2.24, 2.45) is 5.73 Å². The van der Waals surface area contributed by atoms with Crippen LogP contribution in [0, 0.1) is 0 Å². The summed E-state index contributed by atoms with van der Waals surface area (Å²) in [5.74, 6) is 0.0329. The molecule has 21 heavy (non-hydrogen) atoms. The molecule has 1 fully saturated rings. The normalized spacial score (nSPS) is 15.0. The van der Waals surface area contributed by atoms with Crippen LogP contribution >= 0.6 is 0 Å². The third-order valence-electron chi connectivity index (χ3n) is 3.72. The van der Waals surface area contributed by atoms with E-state index in [9.17, 15) is 9.59 Å². The molecule has 1 heterocycles. The molecule has 0 bridgehead atoms. The molecular weight excluding hydrogens is 270 g/mol. The third-order valence-corrected chi connectivity index (χ3v) is 3.72. The molecule has 1 aliphatic rings. The van der Waals surface area contributed by atoms with Crippen molar-refractivity contribution in [3.05, 3.63) is 17.5 Å². The molecule has 0 spiro atoms. The van der Waals surface area contributed by atoms with Crippen LogP contribution in [0.1, 0.15) is 47.7 Å². The van der Waals surface area contributed by atoms with Crippen LogP contribution < -0.4 is 11.1 Å². The Morgan fingerprint density at radius 2 is 2.05 bits per heavy atom. The number of carbonyl (C=O) groups excluding carboxylic acids is 2. The van der Waals surface area contributed by atoms with Crippen LogP contribution in [-0.4, -0.2) is 47.3 Å². The minimum absolute atomic E-state index is 0.0694. The van der Waals surface area contributed by atoms with Crippen LogP contribution in [0.3, 0.4) is 0 Å². The van der Waals surface area contributed by atoms with Crippen molar-refractivity contribution in [3.63, 3.8) is 0 Å². The molecule has 1 aliphatic carbocycles. The first-order valence-electron chi connectivity index (χ1n) is 7.09. The lowest BCUT2D eigenvalue weighted by Crippen LogP contribution is -2.29. The molecule has 3 N–H and O–H groups in total. The zero-order chi connectivity index (χ0) is 15.4. The zero-order valence-corrected chi connectivity index (χ0v) is 12.4. The minimum Gasteiger partial charge on any atom is -0.365 e. The molecular formula is C14H21N5O2. The Morgan fingerprint density at radius 3 is 2.62 bits per heavy atom. The van der Waals surface area contributed by atoms with E-state index in [4.69, 9.17) is 5.73 Å². The number of anilines is 1. The summed E-state index contributed by atoms with van der Waals surface area (Å²) in [5.41, 5.74) is 6.48. The fourth-order valence-electron chi connectivity index (χ4n) is 2.49. The highest BCUT2D eigenvalue weighted by atomic mass is 16.2. The van der Waals surface area contributed by atoms with Gasteiger partial charge < -0.3 is 16.0 Å². The second-order valence-electron chi connectivity index (χ2n) is 5.48. The zero-order valence-electron chi connectivity index (χ0n) is 12.4. The van der Waals surface area contributed by atoms with Crippen molar-refractivity contribution in [1.29, 1.82) is 0 Å². The van der Waals surface area contributed by atoms with Gasteiger partial charge in [0.25, 0.3) is 5.91 Å². The Bertz CT molecular complexity index is 538. The Hall–Kier alpha value is -2.18. The van der Waals surface area contributed by atoms with Gasteiger partial charge in [-0.15, -0.1) is 0 Å². The molecule has 0 unspecified atom stereocenters. The van der Waals surface area contributed by atoms with Gasteiger partial charge in [-0.05, 0) is 12.8 Å². The van der Waals surface area contributed by atoms with Gasteiger partial charge in [0, 0.05) is 26.2 Å². The second-order valence-corrected chi connectivity index (χ2v) is 5.48. The predicted octanol–water partition coefficient (Wildman–Crippen LogP) is 0.733. The van der Waals surface area contributed by atoms with Crippen molar-refractivity contribution in [1.82, 2.24) is 14.9 Å². The first kappa shape index (κ1) is 15.2. The van der Waals surface area contributed by atoms with E-state index in [2.05, 4.69) is 15.3 Å². The maximum Gasteiger partial charge on any atom is 0.252 e. The highest BCUT2D eigenvalue weighted by molar-refractivity contribution is 5.93. The molecule has 1 saturated carbocycles. The van der Waals surface area contributed by atoms with Crippen LogP contribution in [0.15, 0.2) is 6.20 Å². The summed E-state index contributed by atoms with van der Waals surface area (Å²) < 4.78 is 0. The summed E-state index contributed by atoms with van der Waals surface area (Å²) in [4.78, 5) is 33.0. The lowest BCUT2D eigenvalue weighted by molar-refractivity contribution is -0.126. The van der Waals surface area contributed by atoms with Gasteiger partial charge in [0.1, 0.15) is 0 Å². The van der Waals surface area contributed by atoms with Gasteiger partial charge in [-0.3, -0.25) is 9.59 Å². The van der Waals surface area contributed by atoms with Crippen LogP contribution in [0.25, 0.3) is 0 Å². The maximum absolute atomic E-state index is 11.6. The molecule has 114 valence electrons. The summed E-state index contributed by atoms with van der Waals surface area (Å²) in [6, 6.07) is 0. The van der Waals surface area contributed by atoms with E-state index in [0.717, 1.165) is 25.7 Å². The molecule has 2 amide bonds. The second kappa shape index (κ2) is 6.51. The number of nitrogens with one attached hydrogen (secondary N) is 1. The van der Waals surface area contributed by atoms with E-state index in [0.29, 0.717) is 17.2 Å². The van der Waals surface area contributed by atoms with E-state index < -0.39 is 5.91 Å². The SMILES string of the molecule is CN(C)C(=O)CNc1ncc(C(N)=O)c(C2CCCC2)n1. The van der Waals surface area contributed by atoms with E-state index in [1.54, 1.807) is 14.1 Å². The molecule has 0 saturated heterocycles. The summed E-state index contributed by atoms with van der Waals surface area (Å²) in [7, 11) is 3.37. The largest absolute Gasteiger partial charge is 0.365 e. The number of nitrogens with two attached hydrogens (primary N) is 1. The predicted molar refractivity (Wildman–Crippen MR) is 78.9 cm³/mol. The van der Waals surface area contributed by atoms with Crippen molar-refractivity contribution in [2.45, 2.75) is 31.6 Å². The first-order valence-corrected chi connectivity index (χ1v) is 7.09. The Labute approximate surface area is 123 Å². The van der Waals surface area contributed by atoms with Crippen molar-refractivity contribution < 1.29 is 9.59 Å². The van der Waals surface area contributed by atoms with Crippen LogP contribution in [0.5, 0.6) is 0 Å². The fourth-order valence-corrected chi connectivity index (χ4v) is 2.49. The molecule has 2 rings (SSSR count). The van der Waals surface area contributed by atoms with Gasteiger partial charge in [0.15, 0.2) is 0 Å². The monoisotopic (exact) mass is 291 g/mol. The highest BCUT2D eigenvalue weighted by Crippen LogP contribution is 2.34. The number of rotatable bonds is 5. The van der Waals surface area contributed by atoms with Crippen LogP contribution in [0.2, 0.25) is 0 Å². The average molecular weight is 291 g/mol. The Morgan fingerprint density at radius 1 is 1.38 bits per heavy atom. The van der Waals surface area contributed by atoms with E-state index in [-0.39, 0.29) is 18.4 Å².